The van der Waals surface area contributed by atoms with Crippen molar-refractivity contribution in [2.24, 2.45) is 5.92 Å². The summed E-state index contributed by atoms with van der Waals surface area (Å²) in [6.45, 7) is 4.60. The van der Waals surface area contributed by atoms with Gasteiger partial charge in [0.05, 0.1) is 4.90 Å². The Hall–Kier alpha value is -1.14. The maximum absolute atomic E-state index is 13.7. The van der Waals surface area contributed by atoms with Gasteiger partial charge in [-0.05, 0) is 37.8 Å². The average molecular weight is 300 g/mol. The summed E-state index contributed by atoms with van der Waals surface area (Å²) in [4.78, 5) is -0.0464. The molecule has 2 rings (SSSR count). The van der Waals surface area contributed by atoms with Crippen molar-refractivity contribution >= 4 is 15.7 Å². The minimum absolute atomic E-state index is 0.0464. The van der Waals surface area contributed by atoms with Gasteiger partial charge in [-0.15, -0.1) is 0 Å². The number of nitrogen functional groups attached to an aromatic ring is 1. The topological polar surface area (TPSA) is 63.4 Å². The zero-order valence-corrected chi connectivity index (χ0v) is 12.7. The number of nitrogens with two attached hydrogens (primary N) is 1. The zero-order valence-electron chi connectivity index (χ0n) is 11.9. The maximum Gasteiger partial charge on any atom is 0.243 e. The number of benzene rings is 1. The second kappa shape index (κ2) is 5.69. The minimum Gasteiger partial charge on any atom is -0.398 e. The molecule has 1 heterocycles. The van der Waals surface area contributed by atoms with Crippen molar-refractivity contribution in [2.45, 2.75) is 38.0 Å². The Morgan fingerprint density at radius 3 is 2.75 bits per heavy atom. The molecule has 1 aliphatic heterocycles. The lowest BCUT2D eigenvalue weighted by Crippen LogP contribution is -2.39. The van der Waals surface area contributed by atoms with Crippen LogP contribution in [0.5, 0.6) is 0 Å². The van der Waals surface area contributed by atoms with Crippen LogP contribution in [-0.2, 0) is 10.0 Å². The van der Waals surface area contributed by atoms with E-state index in [1.54, 1.807) is 0 Å². The van der Waals surface area contributed by atoms with E-state index in [0.717, 1.165) is 25.3 Å². The van der Waals surface area contributed by atoms with Crippen molar-refractivity contribution in [2.75, 3.05) is 18.8 Å². The summed E-state index contributed by atoms with van der Waals surface area (Å²) in [5.41, 5.74) is 6.14. The number of hydrogen-bond donors (Lipinski definition) is 1. The van der Waals surface area contributed by atoms with E-state index in [1.165, 1.54) is 17.3 Å². The van der Waals surface area contributed by atoms with Crippen molar-refractivity contribution in [3.63, 3.8) is 0 Å². The molecule has 20 heavy (non-hydrogen) atoms. The van der Waals surface area contributed by atoms with E-state index in [0.29, 0.717) is 19.0 Å². The molecule has 1 saturated heterocycles. The highest BCUT2D eigenvalue weighted by Crippen LogP contribution is 2.28. The van der Waals surface area contributed by atoms with Gasteiger partial charge in [-0.1, -0.05) is 13.3 Å². The van der Waals surface area contributed by atoms with E-state index in [4.69, 9.17) is 5.73 Å². The Morgan fingerprint density at radius 1 is 1.45 bits per heavy atom. The van der Waals surface area contributed by atoms with Gasteiger partial charge in [-0.25, -0.2) is 12.8 Å². The van der Waals surface area contributed by atoms with Crippen LogP contribution < -0.4 is 5.73 Å². The van der Waals surface area contributed by atoms with E-state index in [2.05, 4.69) is 6.92 Å². The van der Waals surface area contributed by atoms with Gasteiger partial charge in [0.2, 0.25) is 10.0 Å². The van der Waals surface area contributed by atoms with Crippen LogP contribution in [0.25, 0.3) is 0 Å². The van der Waals surface area contributed by atoms with Crippen LogP contribution in [0.4, 0.5) is 10.1 Å². The smallest absolute Gasteiger partial charge is 0.243 e. The third-order valence-corrected chi connectivity index (χ3v) is 5.90. The van der Waals surface area contributed by atoms with E-state index < -0.39 is 15.8 Å². The summed E-state index contributed by atoms with van der Waals surface area (Å²) < 4.78 is 40.3. The summed E-state index contributed by atoms with van der Waals surface area (Å²) in [5, 5.41) is 0. The molecule has 2 N–H and O–H groups in total. The van der Waals surface area contributed by atoms with Crippen molar-refractivity contribution in [3.05, 3.63) is 23.5 Å². The Bertz CT molecular complexity index is 578. The first-order chi connectivity index (χ1) is 9.36. The Labute approximate surface area is 119 Å². The second-order valence-corrected chi connectivity index (χ2v) is 7.34. The standard InChI is InChI=1S/C14H21FN2O2S/c1-3-11-5-4-6-17(9-11)20(18,19)12-7-13(15)10(2)14(16)8-12/h7-8,11H,3-6,9,16H2,1-2H3. The molecule has 0 bridgehead atoms. The highest BCUT2D eigenvalue weighted by molar-refractivity contribution is 7.89. The predicted molar refractivity (Wildman–Crippen MR) is 77.3 cm³/mol. The molecular weight excluding hydrogens is 279 g/mol. The Kier molecular flexibility index (Phi) is 4.34. The van der Waals surface area contributed by atoms with Gasteiger partial charge in [0.25, 0.3) is 0 Å². The minimum atomic E-state index is -3.65. The lowest BCUT2D eigenvalue weighted by atomic mass is 9.97. The first-order valence-electron chi connectivity index (χ1n) is 6.92. The molecule has 1 aliphatic rings. The summed E-state index contributed by atoms with van der Waals surface area (Å²) in [6.07, 6.45) is 2.85. The molecule has 1 aromatic rings. The summed E-state index contributed by atoms with van der Waals surface area (Å²) >= 11 is 0. The average Bonchev–Trinajstić information content (AvgIpc) is 2.44. The summed E-state index contributed by atoms with van der Waals surface area (Å²) in [6, 6.07) is 2.42. The van der Waals surface area contributed by atoms with Crippen molar-refractivity contribution < 1.29 is 12.8 Å². The second-order valence-electron chi connectivity index (χ2n) is 5.40. The summed E-state index contributed by atoms with van der Waals surface area (Å²) in [7, 11) is -3.65. The largest absolute Gasteiger partial charge is 0.398 e. The van der Waals surface area contributed by atoms with Gasteiger partial charge in [0.1, 0.15) is 5.82 Å². The molecule has 0 aromatic heterocycles. The van der Waals surface area contributed by atoms with E-state index >= 15 is 0 Å². The van der Waals surface area contributed by atoms with Crippen LogP contribution in [0.15, 0.2) is 17.0 Å². The third-order valence-electron chi connectivity index (χ3n) is 4.05. The van der Waals surface area contributed by atoms with Crippen LogP contribution in [0.2, 0.25) is 0 Å². The lowest BCUT2D eigenvalue weighted by molar-refractivity contribution is 0.261. The number of piperidine rings is 1. The van der Waals surface area contributed by atoms with Gasteiger partial charge < -0.3 is 5.73 Å². The molecule has 1 aromatic carbocycles. The van der Waals surface area contributed by atoms with Gasteiger partial charge in [0, 0.05) is 24.3 Å². The fraction of sp³-hybridized carbons (Fsp3) is 0.571. The van der Waals surface area contributed by atoms with Gasteiger partial charge in [-0.2, -0.15) is 4.31 Å². The fourth-order valence-corrected chi connectivity index (χ4v) is 4.15. The Balaban J connectivity index is 2.35. The molecule has 0 aliphatic carbocycles. The molecule has 0 amide bonds. The van der Waals surface area contributed by atoms with Gasteiger partial charge in [0.15, 0.2) is 0 Å². The quantitative estimate of drug-likeness (QED) is 0.872. The normalized spacial score (nSPS) is 21.1. The predicted octanol–water partition coefficient (Wildman–Crippen LogP) is 2.53. The van der Waals surface area contributed by atoms with Crippen molar-refractivity contribution in [3.8, 4) is 0 Å². The highest BCUT2D eigenvalue weighted by atomic mass is 32.2. The number of rotatable bonds is 3. The molecule has 6 heteroatoms. The first kappa shape index (κ1) is 15.3. The Morgan fingerprint density at radius 2 is 2.15 bits per heavy atom. The molecular formula is C14H21FN2O2S. The zero-order chi connectivity index (χ0) is 14.9. The molecule has 0 spiro atoms. The van der Waals surface area contributed by atoms with Gasteiger partial charge >= 0.3 is 0 Å². The van der Waals surface area contributed by atoms with Crippen molar-refractivity contribution in [1.82, 2.24) is 4.31 Å². The first-order valence-corrected chi connectivity index (χ1v) is 8.36. The lowest BCUT2D eigenvalue weighted by Gasteiger charge is -2.31. The number of nitrogens with zero attached hydrogens (tertiary/aromatic N) is 1. The molecule has 1 fully saturated rings. The highest BCUT2D eigenvalue weighted by Gasteiger charge is 2.30. The van der Waals surface area contributed by atoms with Gasteiger partial charge in [-0.3, -0.25) is 0 Å². The summed E-state index contributed by atoms with van der Waals surface area (Å²) in [5.74, 6) is -0.196. The van der Waals surface area contributed by atoms with E-state index in [-0.39, 0.29) is 16.1 Å². The van der Waals surface area contributed by atoms with Crippen LogP contribution in [0.1, 0.15) is 31.7 Å². The van der Waals surface area contributed by atoms with E-state index in [9.17, 15) is 12.8 Å². The monoisotopic (exact) mass is 300 g/mol. The van der Waals surface area contributed by atoms with Crippen molar-refractivity contribution in [1.29, 1.82) is 0 Å². The maximum atomic E-state index is 13.7. The van der Waals surface area contributed by atoms with Crippen LogP contribution in [-0.4, -0.2) is 25.8 Å². The van der Waals surface area contributed by atoms with Crippen LogP contribution >= 0.6 is 0 Å². The van der Waals surface area contributed by atoms with Crippen LogP contribution in [0, 0.1) is 18.7 Å². The molecule has 1 atom stereocenters. The number of sulfonamides is 1. The van der Waals surface area contributed by atoms with Crippen LogP contribution in [0.3, 0.4) is 0 Å². The molecule has 1 unspecified atom stereocenters. The number of halogens is 1. The number of anilines is 1. The molecule has 0 saturated carbocycles. The third kappa shape index (κ3) is 2.81. The van der Waals surface area contributed by atoms with E-state index in [1.807, 2.05) is 0 Å². The number of hydrogen-bond acceptors (Lipinski definition) is 3. The SMILES string of the molecule is CCC1CCCN(S(=O)(=O)c2cc(N)c(C)c(F)c2)C1. The molecule has 112 valence electrons. The molecule has 4 nitrogen and oxygen atoms in total. The molecule has 0 radical (unpaired) electrons. The fourth-order valence-electron chi connectivity index (χ4n) is 2.55.